The van der Waals surface area contributed by atoms with Gasteiger partial charge in [0, 0.05) is 6.20 Å². The molecule has 10 heteroatoms. The fourth-order valence-electron chi connectivity index (χ4n) is 1.01. The molecule has 0 bridgehead atoms. The molecule has 0 saturated heterocycles. The van der Waals surface area contributed by atoms with Crippen molar-refractivity contribution in [2.24, 2.45) is 0 Å². The van der Waals surface area contributed by atoms with Crippen LogP contribution in [0.3, 0.4) is 0 Å². The maximum Gasteiger partial charge on any atom is 0.341 e. The zero-order valence-electron chi connectivity index (χ0n) is 9.32. The van der Waals surface area contributed by atoms with Crippen LogP contribution < -0.4 is 5.73 Å². The van der Waals surface area contributed by atoms with Crippen LogP contribution in [0.5, 0.6) is 0 Å². The third kappa shape index (κ3) is 4.02. The number of carbonyl (C=O) groups is 1. The molecule has 0 radical (unpaired) electrons. The van der Waals surface area contributed by atoms with Crippen LogP contribution in [0.4, 0.5) is 23.4 Å². The van der Waals surface area contributed by atoms with Gasteiger partial charge in [-0.1, -0.05) is 0 Å². The molecule has 1 aromatic heterocycles. The van der Waals surface area contributed by atoms with Crippen LogP contribution >= 0.6 is 0 Å². The van der Waals surface area contributed by atoms with Crippen LogP contribution in [0, 0.1) is 0 Å². The molecule has 1 heterocycles. The fraction of sp³-hybridized carbons (Fsp3) is 0.444. The molecule has 0 fully saturated rings. The molecule has 0 unspecified atom stereocenters. The van der Waals surface area contributed by atoms with E-state index in [4.69, 9.17) is 10.8 Å². The molecule has 3 N–H and O–H groups in total. The summed E-state index contributed by atoms with van der Waals surface area (Å²) in [6.45, 7) is -2.10. The lowest BCUT2D eigenvalue weighted by Gasteiger charge is -2.14. The smallest absolute Gasteiger partial charge is 0.341 e. The van der Waals surface area contributed by atoms with Crippen molar-refractivity contribution in [1.29, 1.82) is 0 Å². The van der Waals surface area contributed by atoms with E-state index in [2.05, 4.69) is 14.7 Å². The lowest BCUT2D eigenvalue weighted by atomic mass is 10.3. The van der Waals surface area contributed by atoms with Crippen molar-refractivity contribution in [1.82, 2.24) is 9.97 Å². The Balaban J connectivity index is 2.60. The molecule has 0 spiro atoms. The maximum atomic E-state index is 12.5. The van der Waals surface area contributed by atoms with E-state index in [-0.39, 0.29) is 17.2 Å². The number of nitrogen functional groups attached to an aromatic ring is 1. The first-order valence-electron chi connectivity index (χ1n) is 4.82. The summed E-state index contributed by atoms with van der Waals surface area (Å²) in [7, 11) is 0. The summed E-state index contributed by atoms with van der Waals surface area (Å²) in [5.74, 6) is -6.18. The number of anilines is 1. The van der Waals surface area contributed by atoms with E-state index in [9.17, 15) is 22.4 Å². The maximum absolute atomic E-state index is 12.5. The lowest BCUT2D eigenvalue weighted by Crippen LogP contribution is -2.32. The van der Waals surface area contributed by atoms with Gasteiger partial charge >= 0.3 is 18.3 Å². The molecule has 0 saturated carbocycles. The molecule has 0 aromatic carbocycles. The van der Waals surface area contributed by atoms with E-state index in [1.54, 1.807) is 0 Å². The van der Waals surface area contributed by atoms with Crippen molar-refractivity contribution in [3.05, 3.63) is 17.6 Å². The molecule has 0 amide bonds. The van der Waals surface area contributed by atoms with Gasteiger partial charge in [-0.2, -0.15) is 8.78 Å². The summed E-state index contributed by atoms with van der Waals surface area (Å²) in [5.41, 5.74) is 4.91. The van der Waals surface area contributed by atoms with Crippen molar-refractivity contribution >= 4 is 11.8 Å². The topological polar surface area (TPSA) is 98.3 Å². The Morgan fingerprint density at radius 1 is 1.53 bits per heavy atom. The molecule has 0 aliphatic heterocycles. The van der Waals surface area contributed by atoms with E-state index in [0.29, 0.717) is 0 Å². The van der Waals surface area contributed by atoms with Gasteiger partial charge in [-0.3, -0.25) is 0 Å². The standard InChI is InChI=1S/C9H9F4N3O3/c10-8(11)9(12,13)3-19-2-5-15-1-4(7(17)18)6(14)16-5/h1,8H,2-3H2,(H,17,18)(H2,14,15,16). The predicted octanol–water partition coefficient (Wildman–Crippen LogP) is 1.17. The van der Waals surface area contributed by atoms with Gasteiger partial charge in [0.05, 0.1) is 0 Å². The predicted molar refractivity (Wildman–Crippen MR) is 54.0 cm³/mol. The average Bonchev–Trinajstić information content (AvgIpc) is 2.28. The molecular weight excluding hydrogens is 274 g/mol. The summed E-state index contributed by atoms with van der Waals surface area (Å²) < 4.78 is 52.9. The summed E-state index contributed by atoms with van der Waals surface area (Å²) >= 11 is 0. The minimum Gasteiger partial charge on any atom is -0.477 e. The molecule has 0 aliphatic carbocycles. The van der Waals surface area contributed by atoms with Crippen LogP contribution in [0.15, 0.2) is 6.20 Å². The average molecular weight is 283 g/mol. The van der Waals surface area contributed by atoms with Gasteiger partial charge in [0.25, 0.3) is 0 Å². The van der Waals surface area contributed by atoms with Crippen molar-refractivity contribution in [3.8, 4) is 0 Å². The minimum absolute atomic E-state index is 0.187. The quantitative estimate of drug-likeness (QED) is 0.760. The Bertz CT molecular complexity index is 470. The Morgan fingerprint density at radius 2 is 2.16 bits per heavy atom. The summed E-state index contributed by atoms with van der Waals surface area (Å²) in [5, 5.41) is 8.63. The number of alkyl halides is 4. The third-order valence-electron chi connectivity index (χ3n) is 1.94. The van der Waals surface area contributed by atoms with Gasteiger partial charge in [-0.25, -0.2) is 23.5 Å². The first-order chi connectivity index (χ1) is 8.74. The Kier molecular flexibility index (Phi) is 4.59. The highest BCUT2D eigenvalue weighted by atomic mass is 19.3. The van der Waals surface area contributed by atoms with Gasteiger partial charge in [0.2, 0.25) is 0 Å². The Labute approximate surface area is 104 Å². The van der Waals surface area contributed by atoms with E-state index >= 15 is 0 Å². The monoisotopic (exact) mass is 283 g/mol. The third-order valence-corrected chi connectivity index (χ3v) is 1.94. The minimum atomic E-state index is -4.27. The van der Waals surface area contributed by atoms with Crippen LogP contribution in [0.25, 0.3) is 0 Å². The first-order valence-corrected chi connectivity index (χ1v) is 4.82. The Hall–Kier alpha value is -1.97. The highest BCUT2D eigenvalue weighted by molar-refractivity contribution is 5.92. The number of hydrogen-bond donors (Lipinski definition) is 2. The molecule has 19 heavy (non-hydrogen) atoms. The summed E-state index contributed by atoms with van der Waals surface area (Å²) in [4.78, 5) is 17.6. The van der Waals surface area contributed by atoms with Gasteiger partial charge in [0.15, 0.2) is 5.82 Å². The fourth-order valence-corrected chi connectivity index (χ4v) is 1.01. The number of aromatic nitrogens is 2. The van der Waals surface area contributed by atoms with Gasteiger partial charge < -0.3 is 15.6 Å². The highest BCUT2D eigenvalue weighted by Crippen LogP contribution is 2.23. The van der Waals surface area contributed by atoms with E-state index in [1.807, 2.05) is 0 Å². The summed E-state index contributed by atoms with van der Waals surface area (Å²) in [6.07, 6.45) is -2.97. The van der Waals surface area contributed by atoms with Gasteiger partial charge in [-0.15, -0.1) is 0 Å². The number of aromatic carboxylic acids is 1. The molecule has 6 nitrogen and oxygen atoms in total. The number of nitrogens with zero attached hydrogens (tertiary/aromatic N) is 2. The molecule has 0 atom stereocenters. The summed E-state index contributed by atoms with van der Waals surface area (Å²) in [6, 6.07) is 0. The molecule has 106 valence electrons. The normalized spacial score (nSPS) is 11.8. The number of ether oxygens (including phenoxy) is 1. The zero-order valence-corrected chi connectivity index (χ0v) is 9.32. The van der Waals surface area contributed by atoms with E-state index < -0.39 is 31.5 Å². The number of carboxylic acid groups (broad SMARTS) is 1. The van der Waals surface area contributed by atoms with Crippen LogP contribution in [-0.4, -0.2) is 40.0 Å². The van der Waals surface area contributed by atoms with Crippen LogP contribution in [-0.2, 0) is 11.3 Å². The molecule has 1 rings (SSSR count). The second-order valence-electron chi connectivity index (χ2n) is 3.44. The zero-order chi connectivity index (χ0) is 14.6. The number of carboxylic acids is 1. The van der Waals surface area contributed by atoms with Crippen LogP contribution in [0.1, 0.15) is 16.2 Å². The molecule has 1 aromatic rings. The van der Waals surface area contributed by atoms with Crippen molar-refractivity contribution in [2.75, 3.05) is 12.3 Å². The molecular formula is C9H9F4N3O3. The SMILES string of the molecule is Nc1nc(COCC(F)(F)C(F)F)ncc1C(=O)O. The number of halogens is 4. The molecule has 0 aliphatic rings. The second-order valence-corrected chi connectivity index (χ2v) is 3.44. The largest absolute Gasteiger partial charge is 0.477 e. The first kappa shape index (κ1) is 15.1. The number of hydrogen-bond acceptors (Lipinski definition) is 5. The highest BCUT2D eigenvalue weighted by Gasteiger charge is 2.41. The number of rotatable bonds is 6. The van der Waals surface area contributed by atoms with E-state index in [0.717, 1.165) is 6.20 Å². The Morgan fingerprint density at radius 3 is 2.63 bits per heavy atom. The van der Waals surface area contributed by atoms with E-state index in [1.165, 1.54) is 0 Å². The van der Waals surface area contributed by atoms with Crippen molar-refractivity contribution < 1.29 is 32.2 Å². The van der Waals surface area contributed by atoms with Crippen molar-refractivity contribution in [3.63, 3.8) is 0 Å². The van der Waals surface area contributed by atoms with Crippen molar-refractivity contribution in [2.45, 2.75) is 19.0 Å². The van der Waals surface area contributed by atoms with Gasteiger partial charge in [0.1, 0.15) is 24.6 Å². The van der Waals surface area contributed by atoms with Gasteiger partial charge in [-0.05, 0) is 0 Å². The van der Waals surface area contributed by atoms with Crippen LogP contribution in [0.2, 0.25) is 0 Å². The second kappa shape index (κ2) is 5.78. The number of nitrogens with two attached hydrogens (primary N) is 1. The lowest BCUT2D eigenvalue weighted by molar-refractivity contribution is -0.168.